The molecule has 2 N–H and O–H groups in total. The fraction of sp³-hybridized carbons (Fsp3) is 0.923. The first-order valence-electron chi connectivity index (χ1n) is 6.97. The minimum absolute atomic E-state index is 0.118. The van der Waals surface area contributed by atoms with Crippen molar-refractivity contribution in [3.8, 4) is 0 Å². The first-order chi connectivity index (χ1) is 8.76. The van der Waals surface area contributed by atoms with Gasteiger partial charge in [-0.3, -0.25) is 9.69 Å². The van der Waals surface area contributed by atoms with Crippen LogP contribution >= 0.6 is 0 Å². The zero-order valence-corrected chi connectivity index (χ0v) is 11.7. The van der Waals surface area contributed by atoms with Gasteiger partial charge in [0.25, 0.3) is 0 Å². The molecule has 0 bridgehead atoms. The molecule has 18 heavy (non-hydrogen) atoms. The molecule has 0 aromatic carbocycles. The molecule has 1 saturated heterocycles. The molecule has 106 valence electrons. The van der Waals surface area contributed by atoms with E-state index < -0.39 is 0 Å². The van der Waals surface area contributed by atoms with E-state index in [-0.39, 0.29) is 11.9 Å². The topological polar surface area (TPSA) is 53.6 Å². The second-order valence-corrected chi connectivity index (χ2v) is 4.89. The third-order valence-corrected chi connectivity index (χ3v) is 3.17. The van der Waals surface area contributed by atoms with Crippen LogP contribution in [-0.2, 0) is 9.53 Å². The SMILES string of the molecule is CCCC(COC)NC(=O)CN1CCCNCC1. The summed E-state index contributed by atoms with van der Waals surface area (Å²) in [5, 5.41) is 6.40. The quantitative estimate of drug-likeness (QED) is 0.685. The van der Waals surface area contributed by atoms with Crippen molar-refractivity contribution in [2.75, 3.05) is 46.4 Å². The maximum absolute atomic E-state index is 12.0. The van der Waals surface area contributed by atoms with E-state index >= 15 is 0 Å². The van der Waals surface area contributed by atoms with Gasteiger partial charge in [0.15, 0.2) is 0 Å². The highest BCUT2D eigenvalue weighted by atomic mass is 16.5. The average molecular weight is 257 g/mol. The number of rotatable bonds is 7. The van der Waals surface area contributed by atoms with E-state index in [2.05, 4.69) is 22.5 Å². The van der Waals surface area contributed by atoms with Crippen molar-refractivity contribution in [3.63, 3.8) is 0 Å². The monoisotopic (exact) mass is 257 g/mol. The van der Waals surface area contributed by atoms with Crippen molar-refractivity contribution in [2.45, 2.75) is 32.2 Å². The van der Waals surface area contributed by atoms with Gasteiger partial charge in [0, 0.05) is 20.2 Å². The van der Waals surface area contributed by atoms with Crippen LogP contribution in [-0.4, -0.2) is 63.3 Å². The number of hydrogen-bond acceptors (Lipinski definition) is 4. The molecule has 1 unspecified atom stereocenters. The Morgan fingerprint density at radius 3 is 3.00 bits per heavy atom. The molecule has 1 aliphatic heterocycles. The number of nitrogens with one attached hydrogen (secondary N) is 2. The molecule has 1 atom stereocenters. The van der Waals surface area contributed by atoms with Crippen molar-refractivity contribution in [1.29, 1.82) is 0 Å². The Kier molecular flexibility index (Phi) is 7.96. The Labute approximate surface area is 110 Å². The van der Waals surface area contributed by atoms with Gasteiger partial charge in [0.1, 0.15) is 0 Å². The fourth-order valence-electron chi connectivity index (χ4n) is 2.28. The van der Waals surface area contributed by atoms with Crippen LogP contribution in [0.1, 0.15) is 26.2 Å². The average Bonchev–Trinajstić information content (AvgIpc) is 2.58. The lowest BCUT2D eigenvalue weighted by molar-refractivity contribution is -0.123. The predicted molar refractivity (Wildman–Crippen MR) is 72.6 cm³/mol. The van der Waals surface area contributed by atoms with Gasteiger partial charge in [-0.05, 0) is 25.9 Å². The standard InChI is InChI=1S/C13H27N3O2/c1-3-5-12(11-18-2)15-13(17)10-16-8-4-6-14-7-9-16/h12,14H,3-11H2,1-2H3,(H,15,17). The second-order valence-electron chi connectivity index (χ2n) is 4.89. The Hall–Kier alpha value is -0.650. The zero-order valence-electron chi connectivity index (χ0n) is 11.7. The molecule has 1 rings (SSSR count). The van der Waals surface area contributed by atoms with E-state index in [9.17, 15) is 4.79 Å². The zero-order chi connectivity index (χ0) is 13.2. The molecule has 1 heterocycles. The third kappa shape index (κ3) is 6.33. The highest BCUT2D eigenvalue weighted by molar-refractivity contribution is 5.78. The molecular formula is C13H27N3O2. The van der Waals surface area contributed by atoms with Crippen LogP contribution in [0.25, 0.3) is 0 Å². The Morgan fingerprint density at radius 2 is 2.28 bits per heavy atom. The molecule has 0 aromatic heterocycles. The maximum Gasteiger partial charge on any atom is 0.234 e. The van der Waals surface area contributed by atoms with Crippen molar-refractivity contribution in [1.82, 2.24) is 15.5 Å². The summed E-state index contributed by atoms with van der Waals surface area (Å²) in [5.41, 5.74) is 0. The molecule has 0 spiro atoms. The van der Waals surface area contributed by atoms with E-state index in [1.807, 2.05) is 0 Å². The van der Waals surface area contributed by atoms with Crippen LogP contribution in [0.3, 0.4) is 0 Å². The molecule has 5 nitrogen and oxygen atoms in total. The highest BCUT2D eigenvalue weighted by Crippen LogP contribution is 1.99. The van der Waals surface area contributed by atoms with Crippen LogP contribution in [0.5, 0.6) is 0 Å². The van der Waals surface area contributed by atoms with Gasteiger partial charge in [0.05, 0.1) is 19.2 Å². The summed E-state index contributed by atoms with van der Waals surface area (Å²) in [5.74, 6) is 0.118. The number of methoxy groups -OCH3 is 1. The lowest BCUT2D eigenvalue weighted by Crippen LogP contribution is -2.44. The molecule has 0 aliphatic carbocycles. The summed E-state index contributed by atoms with van der Waals surface area (Å²) in [6.45, 7) is 7.21. The smallest absolute Gasteiger partial charge is 0.234 e. The third-order valence-electron chi connectivity index (χ3n) is 3.17. The van der Waals surface area contributed by atoms with Gasteiger partial charge in [-0.2, -0.15) is 0 Å². The van der Waals surface area contributed by atoms with E-state index in [0.717, 1.165) is 45.4 Å². The summed E-state index contributed by atoms with van der Waals surface area (Å²) >= 11 is 0. The van der Waals surface area contributed by atoms with Crippen molar-refractivity contribution >= 4 is 5.91 Å². The predicted octanol–water partition coefficient (Wildman–Crippen LogP) is 0.213. The second kappa shape index (κ2) is 9.30. The van der Waals surface area contributed by atoms with Crippen molar-refractivity contribution in [3.05, 3.63) is 0 Å². The van der Waals surface area contributed by atoms with Gasteiger partial charge < -0.3 is 15.4 Å². The fourth-order valence-corrected chi connectivity index (χ4v) is 2.28. The van der Waals surface area contributed by atoms with E-state index in [0.29, 0.717) is 13.2 Å². The summed E-state index contributed by atoms with van der Waals surface area (Å²) in [7, 11) is 1.68. The normalized spacial score (nSPS) is 19.2. The largest absolute Gasteiger partial charge is 0.383 e. The number of carbonyl (C=O) groups excluding carboxylic acids is 1. The van der Waals surface area contributed by atoms with Gasteiger partial charge >= 0.3 is 0 Å². The molecule has 1 amide bonds. The first-order valence-corrected chi connectivity index (χ1v) is 6.97. The number of amides is 1. The van der Waals surface area contributed by atoms with Crippen molar-refractivity contribution in [2.24, 2.45) is 0 Å². The van der Waals surface area contributed by atoms with Crippen molar-refractivity contribution < 1.29 is 9.53 Å². The molecule has 0 aromatic rings. The summed E-state index contributed by atoms with van der Waals surface area (Å²) in [6.07, 6.45) is 3.15. The van der Waals surface area contributed by atoms with Gasteiger partial charge in [-0.15, -0.1) is 0 Å². The first kappa shape index (κ1) is 15.4. The van der Waals surface area contributed by atoms with E-state index in [1.165, 1.54) is 0 Å². The molecule has 1 fully saturated rings. The molecule has 5 heteroatoms. The Bertz CT molecular complexity index is 216. The lowest BCUT2D eigenvalue weighted by Gasteiger charge is -2.22. The van der Waals surface area contributed by atoms with E-state index in [1.54, 1.807) is 7.11 Å². The van der Waals surface area contributed by atoms with Crippen LogP contribution in [0.4, 0.5) is 0 Å². The summed E-state index contributed by atoms with van der Waals surface area (Å²) in [6, 6.07) is 0.151. The number of nitrogens with zero attached hydrogens (tertiary/aromatic N) is 1. The van der Waals surface area contributed by atoms with Gasteiger partial charge in [-0.1, -0.05) is 13.3 Å². The number of ether oxygens (including phenoxy) is 1. The summed E-state index contributed by atoms with van der Waals surface area (Å²) in [4.78, 5) is 14.2. The lowest BCUT2D eigenvalue weighted by atomic mass is 10.2. The Balaban J connectivity index is 2.29. The molecule has 0 saturated carbocycles. The van der Waals surface area contributed by atoms with Crippen LogP contribution in [0.15, 0.2) is 0 Å². The minimum atomic E-state index is 0.118. The van der Waals surface area contributed by atoms with Gasteiger partial charge in [0.2, 0.25) is 5.91 Å². The minimum Gasteiger partial charge on any atom is -0.383 e. The molecule has 0 radical (unpaired) electrons. The number of carbonyl (C=O) groups is 1. The van der Waals surface area contributed by atoms with Crippen LogP contribution in [0.2, 0.25) is 0 Å². The molecular weight excluding hydrogens is 230 g/mol. The maximum atomic E-state index is 12.0. The number of hydrogen-bond donors (Lipinski definition) is 2. The molecule has 1 aliphatic rings. The highest BCUT2D eigenvalue weighted by Gasteiger charge is 2.15. The summed E-state index contributed by atoms with van der Waals surface area (Å²) < 4.78 is 5.13. The van der Waals surface area contributed by atoms with E-state index in [4.69, 9.17) is 4.74 Å². The van der Waals surface area contributed by atoms with Gasteiger partial charge in [-0.25, -0.2) is 0 Å². The Morgan fingerprint density at radius 1 is 1.44 bits per heavy atom. The van der Waals surface area contributed by atoms with Crippen LogP contribution in [0, 0.1) is 0 Å². The van der Waals surface area contributed by atoms with Crippen LogP contribution < -0.4 is 10.6 Å².